The molecule has 0 atom stereocenters. The Morgan fingerprint density at radius 2 is 1.83 bits per heavy atom. The maximum absolute atomic E-state index is 12.2. The van der Waals surface area contributed by atoms with Gasteiger partial charge in [0.15, 0.2) is 11.5 Å². The molecule has 0 spiro atoms. The van der Waals surface area contributed by atoms with Gasteiger partial charge >= 0.3 is 5.97 Å². The summed E-state index contributed by atoms with van der Waals surface area (Å²) in [5, 5.41) is 2.47. The van der Waals surface area contributed by atoms with Crippen LogP contribution in [-0.2, 0) is 16.1 Å². The summed E-state index contributed by atoms with van der Waals surface area (Å²) in [5.41, 5.74) is 1.75. The fourth-order valence-electron chi connectivity index (χ4n) is 2.77. The van der Waals surface area contributed by atoms with E-state index in [1.54, 1.807) is 24.4 Å². The molecule has 0 unspecified atom stereocenters. The average molecular weight is 411 g/mol. The molecule has 2 aromatic heterocycles. The SMILES string of the molecule is COc1ccc(C(=O)NCC(=O)OCc2cc(=O)n3cc(C)ccc3n2)cc1OC. The van der Waals surface area contributed by atoms with Gasteiger partial charge in [-0.15, -0.1) is 0 Å². The van der Waals surface area contributed by atoms with Gasteiger partial charge in [-0.2, -0.15) is 0 Å². The molecule has 156 valence electrons. The van der Waals surface area contributed by atoms with Crippen LogP contribution in [-0.4, -0.2) is 42.0 Å². The number of benzene rings is 1. The molecule has 3 aromatic rings. The fraction of sp³-hybridized carbons (Fsp3) is 0.238. The van der Waals surface area contributed by atoms with Crippen LogP contribution in [0.4, 0.5) is 0 Å². The van der Waals surface area contributed by atoms with Crippen molar-refractivity contribution < 1.29 is 23.8 Å². The van der Waals surface area contributed by atoms with Crippen molar-refractivity contribution in [2.24, 2.45) is 0 Å². The van der Waals surface area contributed by atoms with Crippen LogP contribution in [0, 0.1) is 6.92 Å². The van der Waals surface area contributed by atoms with Crippen molar-refractivity contribution in [3.8, 4) is 11.5 Å². The lowest BCUT2D eigenvalue weighted by atomic mass is 10.2. The molecular weight excluding hydrogens is 390 g/mol. The number of rotatable bonds is 7. The Bertz CT molecular complexity index is 1160. The molecule has 0 aliphatic carbocycles. The number of carbonyl (C=O) groups excluding carboxylic acids is 2. The Labute approximate surface area is 172 Å². The van der Waals surface area contributed by atoms with E-state index in [0.29, 0.717) is 28.4 Å². The second kappa shape index (κ2) is 9.08. The molecule has 2 heterocycles. The molecule has 0 radical (unpaired) electrons. The van der Waals surface area contributed by atoms with E-state index >= 15 is 0 Å². The highest BCUT2D eigenvalue weighted by atomic mass is 16.5. The van der Waals surface area contributed by atoms with Gasteiger partial charge in [-0.25, -0.2) is 4.98 Å². The summed E-state index contributed by atoms with van der Waals surface area (Å²) < 4.78 is 16.8. The predicted molar refractivity (Wildman–Crippen MR) is 108 cm³/mol. The van der Waals surface area contributed by atoms with Gasteiger partial charge in [-0.05, 0) is 36.8 Å². The Hall–Kier alpha value is -3.88. The maximum atomic E-state index is 12.2. The van der Waals surface area contributed by atoms with Crippen molar-refractivity contribution in [2.45, 2.75) is 13.5 Å². The summed E-state index contributed by atoms with van der Waals surface area (Å²) in [6.45, 7) is 1.36. The van der Waals surface area contributed by atoms with E-state index in [-0.39, 0.29) is 18.7 Å². The summed E-state index contributed by atoms with van der Waals surface area (Å²) in [5.74, 6) is -0.237. The quantitative estimate of drug-likeness (QED) is 0.587. The van der Waals surface area contributed by atoms with Crippen LogP contribution in [0.2, 0.25) is 0 Å². The van der Waals surface area contributed by atoms with Gasteiger partial charge in [0.25, 0.3) is 11.5 Å². The summed E-state index contributed by atoms with van der Waals surface area (Å²) in [4.78, 5) is 40.7. The number of hydrogen-bond donors (Lipinski definition) is 1. The molecule has 9 heteroatoms. The number of carbonyl (C=O) groups is 2. The van der Waals surface area contributed by atoms with Gasteiger partial charge in [-0.1, -0.05) is 6.07 Å². The molecule has 0 saturated carbocycles. The van der Waals surface area contributed by atoms with Crippen LogP contribution in [0.25, 0.3) is 5.65 Å². The number of nitrogens with one attached hydrogen (secondary N) is 1. The highest BCUT2D eigenvalue weighted by molar-refractivity contribution is 5.96. The van der Waals surface area contributed by atoms with E-state index in [1.165, 1.54) is 30.8 Å². The smallest absolute Gasteiger partial charge is 0.325 e. The normalized spacial score (nSPS) is 10.5. The first-order chi connectivity index (χ1) is 14.4. The molecule has 0 bridgehead atoms. The van der Waals surface area contributed by atoms with E-state index < -0.39 is 11.9 Å². The van der Waals surface area contributed by atoms with Crippen LogP contribution < -0.4 is 20.3 Å². The first-order valence-corrected chi connectivity index (χ1v) is 9.06. The van der Waals surface area contributed by atoms with Crippen molar-refractivity contribution in [3.05, 3.63) is 69.8 Å². The molecule has 0 fully saturated rings. The van der Waals surface area contributed by atoms with E-state index in [2.05, 4.69) is 10.3 Å². The number of methoxy groups -OCH3 is 2. The highest BCUT2D eigenvalue weighted by Crippen LogP contribution is 2.27. The lowest BCUT2D eigenvalue weighted by Gasteiger charge is -2.10. The molecule has 9 nitrogen and oxygen atoms in total. The number of fused-ring (bicyclic) bond motifs is 1. The van der Waals surface area contributed by atoms with Crippen LogP contribution in [0.3, 0.4) is 0 Å². The monoisotopic (exact) mass is 411 g/mol. The number of pyridine rings is 1. The zero-order valence-electron chi connectivity index (χ0n) is 16.8. The molecule has 1 N–H and O–H groups in total. The molecular formula is C21H21N3O6. The zero-order chi connectivity index (χ0) is 21.7. The maximum Gasteiger partial charge on any atom is 0.325 e. The molecule has 0 aliphatic heterocycles. The number of aromatic nitrogens is 2. The fourth-order valence-corrected chi connectivity index (χ4v) is 2.77. The van der Waals surface area contributed by atoms with Crippen molar-refractivity contribution in [1.29, 1.82) is 0 Å². The molecule has 0 aliphatic rings. The van der Waals surface area contributed by atoms with E-state index in [1.807, 2.05) is 13.0 Å². The van der Waals surface area contributed by atoms with Gasteiger partial charge in [0, 0.05) is 17.8 Å². The standard InChI is InChI=1S/C21H21N3O6/c1-13-4-7-18-23-15(9-19(25)24(18)11-13)12-30-20(26)10-22-21(27)14-5-6-16(28-2)17(8-14)29-3/h4-9,11H,10,12H2,1-3H3,(H,22,27). The molecule has 3 rings (SSSR count). The van der Waals surface area contributed by atoms with Crippen LogP contribution in [0.15, 0.2) is 47.4 Å². The average Bonchev–Trinajstić information content (AvgIpc) is 2.76. The van der Waals surface area contributed by atoms with Crippen molar-refractivity contribution >= 4 is 17.5 Å². The Morgan fingerprint density at radius 1 is 1.07 bits per heavy atom. The lowest BCUT2D eigenvalue weighted by Crippen LogP contribution is -2.30. The first-order valence-electron chi connectivity index (χ1n) is 9.06. The summed E-state index contributed by atoms with van der Waals surface area (Å²) >= 11 is 0. The van der Waals surface area contributed by atoms with Crippen LogP contribution in [0.1, 0.15) is 21.6 Å². The van der Waals surface area contributed by atoms with Crippen LogP contribution >= 0.6 is 0 Å². The summed E-state index contributed by atoms with van der Waals surface area (Å²) in [6, 6.07) is 9.51. The Kier molecular flexibility index (Phi) is 6.31. The molecule has 30 heavy (non-hydrogen) atoms. The second-order valence-corrected chi connectivity index (χ2v) is 6.43. The number of ether oxygens (including phenoxy) is 3. The van der Waals surface area contributed by atoms with Gasteiger partial charge in [0.05, 0.1) is 19.9 Å². The molecule has 1 aromatic carbocycles. The highest BCUT2D eigenvalue weighted by Gasteiger charge is 2.13. The predicted octanol–water partition coefficient (Wildman–Crippen LogP) is 1.49. The molecule has 1 amide bonds. The van der Waals surface area contributed by atoms with Gasteiger partial charge in [0.2, 0.25) is 0 Å². The summed E-state index contributed by atoms with van der Waals surface area (Å²) in [7, 11) is 2.96. The van der Waals surface area contributed by atoms with Gasteiger partial charge in [-0.3, -0.25) is 18.8 Å². The minimum absolute atomic E-state index is 0.176. The lowest BCUT2D eigenvalue weighted by molar-refractivity contribution is -0.143. The van der Waals surface area contributed by atoms with Crippen molar-refractivity contribution in [3.63, 3.8) is 0 Å². The number of nitrogens with zero attached hydrogens (tertiary/aromatic N) is 2. The minimum atomic E-state index is -0.658. The largest absolute Gasteiger partial charge is 0.493 e. The zero-order valence-corrected chi connectivity index (χ0v) is 16.8. The number of aryl methyl sites for hydroxylation is 1. The Morgan fingerprint density at radius 3 is 2.57 bits per heavy atom. The number of hydrogen-bond acceptors (Lipinski definition) is 7. The third-order valence-electron chi connectivity index (χ3n) is 4.28. The summed E-state index contributed by atoms with van der Waals surface area (Å²) in [6.07, 6.45) is 1.68. The van der Waals surface area contributed by atoms with Crippen LogP contribution in [0.5, 0.6) is 11.5 Å². The Balaban J connectivity index is 1.57. The van der Waals surface area contributed by atoms with Crippen molar-refractivity contribution in [1.82, 2.24) is 14.7 Å². The number of amides is 1. The third-order valence-corrected chi connectivity index (χ3v) is 4.28. The minimum Gasteiger partial charge on any atom is -0.493 e. The van der Waals surface area contributed by atoms with E-state index in [0.717, 1.165) is 5.56 Å². The topological polar surface area (TPSA) is 108 Å². The van der Waals surface area contributed by atoms with Crippen molar-refractivity contribution in [2.75, 3.05) is 20.8 Å². The third kappa shape index (κ3) is 4.75. The van der Waals surface area contributed by atoms with E-state index in [9.17, 15) is 14.4 Å². The first kappa shape index (κ1) is 20.8. The van der Waals surface area contributed by atoms with Gasteiger partial charge in [0.1, 0.15) is 18.8 Å². The second-order valence-electron chi connectivity index (χ2n) is 6.43. The number of esters is 1. The van der Waals surface area contributed by atoms with E-state index in [4.69, 9.17) is 14.2 Å². The van der Waals surface area contributed by atoms with Gasteiger partial charge < -0.3 is 19.5 Å². The molecule has 0 saturated heterocycles.